The van der Waals surface area contributed by atoms with Crippen LogP contribution in [-0.4, -0.2) is 11.7 Å². The Morgan fingerprint density at radius 1 is 0.714 bits per heavy atom. The van der Waals surface area contributed by atoms with Crippen LogP contribution in [0.1, 0.15) is 28.4 Å². The SMILES string of the molecule is CC(=O)Nc1ccccc1N/C(=C\C(=O)c1ccc(C)cc1)c1ccccc1. The molecule has 0 saturated carbocycles. The van der Waals surface area contributed by atoms with Gasteiger partial charge in [0.05, 0.1) is 11.4 Å². The maximum atomic E-state index is 12.8. The zero-order chi connectivity index (χ0) is 19.9. The molecule has 0 unspecified atom stereocenters. The van der Waals surface area contributed by atoms with Crippen molar-refractivity contribution in [1.82, 2.24) is 0 Å². The summed E-state index contributed by atoms with van der Waals surface area (Å²) in [5, 5.41) is 6.11. The Labute approximate surface area is 164 Å². The van der Waals surface area contributed by atoms with E-state index in [4.69, 9.17) is 0 Å². The number of amides is 1. The number of ketones is 1. The van der Waals surface area contributed by atoms with Gasteiger partial charge in [0.2, 0.25) is 5.91 Å². The molecule has 3 aromatic carbocycles. The fraction of sp³-hybridized carbons (Fsp3) is 0.0833. The molecule has 2 N–H and O–H groups in total. The lowest BCUT2D eigenvalue weighted by molar-refractivity contribution is -0.114. The molecule has 4 heteroatoms. The Balaban J connectivity index is 1.98. The van der Waals surface area contributed by atoms with Gasteiger partial charge in [0.15, 0.2) is 5.78 Å². The fourth-order valence-electron chi connectivity index (χ4n) is 2.78. The van der Waals surface area contributed by atoms with Gasteiger partial charge in [-0.1, -0.05) is 72.3 Å². The number of benzene rings is 3. The highest BCUT2D eigenvalue weighted by Gasteiger charge is 2.10. The average molecular weight is 370 g/mol. The zero-order valence-electron chi connectivity index (χ0n) is 15.9. The van der Waals surface area contributed by atoms with Gasteiger partial charge in [-0.05, 0) is 24.6 Å². The number of hydrogen-bond acceptors (Lipinski definition) is 3. The third-order valence-electron chi connectivity index (χ3n) is 4.20. The molecule has 0 fully saturated rings. The molecule has 0 aliphatic rings. The minimum atomic E-state index is -0.157. The van der Waals surface area contributed by atoms with E-state index < -0.39 is 0 Å². The number of rotatable bonds is 6. The second kappa shape index (κ2) is 8.82. The van der Waals surface area contributed by atoms with Gasteiger partial charge in [-0.15, -0.1) is 0 Å². The summed E-state index contributed by atoms with van der Waals surface area (Å²) in [4.78, 5) is 24.3. The lowest BCUT2D eigenvalue weighted by Gasteiger charge is -2.15. The third kappa shape index (κ3) is 4.95. The van der Waals surface area contributed by atoms with Crippen LogP contribution >= 0.6 is 0 Å². The number of anilines is 2. The van der Waals surface area contributed by atoms with Crippen LogP contribution in [0.15, 0.2) is 84.9 Å². The van der Waals surface area contributed by atoms with Crippen molar-refractivity contribution < 1.29 is 9.59 Å². The highest BCUT2D eigenvalue weighted by Crippen LogP contribution is 2.26. The number of nitrogens with one attached hydrogen (secondary N) is 2. The van der Waals surface area contributed by atoms with E-state index in [1.807, 2.05) is 85.8 Å². The molecule has 0 radical (unpaired) electrons. The van der Waals surface area contributed by atoms with Gasteiger partial charge in [-0.25, -0.2) is 0 Å². The molecule has 0 spiro atoms. The maximum absolute atomic E-state index is 12.8. The van der Waals surface area contributed by atoms with E-state index in [9.17, 15) is 9.59 Å². The van der Waals surface area contributed by atoms with Crippen LogP contribution in [0.25, 0.3) is 5.70 Å². The molecular formula is C24H22N2O2. The number of para-hydroxylation sites is 2. The fourth-order valence-corrected chi connectivity index (χ4v) is 2.78. The lowest BCUT2D eigenvalue weighted by atomic mass is 10.0. The molecule has 0 bridgehead atoms. The molecule has 0 aliphatic carbocycles. The molecule has 0 atom stereocenters. The van der Waals surface area contributed by atoms with Crippen molar-refractivity contribution in [2.45, 2.75) is 13.8 Å². The highest BCUT2D eigenvalue weighted by molar-refractivity contribution is 6.10. The van der Waals surface area contributed by atoms with E-state index in [1.165, 1.54) is 6.92 Å². The summed E-state index contributed by atoms with van der Waals surface area (Å²) in [7, 11) is 0. The Morgan fingerprint density at radius 2 is 1.29 bits per heavy atom. The largest absolute Gasteiger partial charge is 0.353 e. The predicted molar refractivity (Wildman–Crippen MR) is 114 cm³/mol. The van der Waals surface area contributed by atoms with Crippen LogP contribution in [0.4, 0.5) is 11.4 Å². The Bertz CT molecular complexity index is 1010. The van der Waals surface area contributed by atoms with Gasteiger partial charge in [0.25, 0.3) is 0 Å². The topological polar surface area (TPSA) is 58.2 Å². The van der Waals surface area contributed by atoms with Gasteiger partial charge in [0, 0.05) is 24.3 Å². The van der Waals surface area contributed by atoms with E-state index in [1.54, 1.807) is 6.08 Å². The summed E-state index contributed by atoms with van der Waals surface area (Å²) in [6.07, 6.45) is 1.59. The number of allylic oxidation sites excluding steroid dienone is 1. The van der Waals surface area contributed by atoms with Gasteiger partial charge < -0.3 is 10.6 Å². The number of carbonyl (C=O) groups is 2. The minimum absolute atomic E-state index is 0.0941. The second-order valence-electron chi connectivity index (χ2n) is 6.51. The molecule has 1 amide bonds. The van der Waals surface area contributed by atoms with Crippen molar-refractivity contribution in [2.24, 2.45) is 0 Å². The Hall–Kier alpha value is -3.66. The predicted octanol–water partition coefficient (Wildman–Crippen LogP) is 5.29. The first-order chi connectivity index (χ1) is 13.5. The van der Waals surface area contributed by atoms with Crippen molar-refractivity contribution in [3.8, 4) is 0 Å². The van der Waals surface area contributed by atoms with Gasteiger partial charge in [0.1, 0.15) is 0 Å². The van der Waals surface area contributed by atoms with Crippen molar-refractivity contribution in [3.63, 3.8) is 0 Å². The van der Waals surface area contributed by atoms with Crippen molar-refractivity contribution in [3.05, 3.63) is 102 Å². The Kier molecular flexibility index (Phi) is 6.02. The molecular weight excluding hydrogens is 348 g/mol. The highest BCUT2D eigenvalue weighted by atomic mass is 16.1. The van der Waals surface area contributed by atoms with E-state index >= 15 is 0 Å². The van der Waals surface area contributed by atoms with Crippen molar-refractivity contribution in [2.75, 3.05) is 10.6 Å². The molecule has 28 heavy (non-hydrogen) atoms. The van der Waals surface area contributed by atoms with Crippen LogP contribution in [0, 0.1) is 6.92 Å². The summed E-state index contributed by atoms with van der Waals surface area (Å²) < 4.78 is 0. The van der Waals surface area contributed by atoms with Crippen LogP contribution in [-0.2, 0) is 4.79 Å². The molecule has 140 valence electrons. The maximum Gasteiger partial charge on any atom is 0.221 e. The van der Waals surface area contributed by atoms with Crippen molar-refractivity contribution >= 4 is 28.8 Å². The summed E-state index contributed by atoms with van der Waals surface area (Å²) in [5.74, 6) is -0.251. The second-order valence-corrected chi connectivity index (χ2v) is 6.51. The summed E-state index contributed by atoms with van der Waals surface area (Å²) in [5.41, 5.74) is 4.62. The third-order valence-corrected chi connectivity index (χ3v) is 4.20. The molecule has 0 heterocycles. The average Bonchev–Trinajstić information content (AvgIpc) is 2.69. The van der Waals surface area contributed by atoms with E-state index in [0.29, 0.717) is 22.6 Å². The first kappa shape index (κ1) is 19.1. The van der Waals surface area contributed by atoms with Crippen LogP contribution in [0.5, 0.6) is 0 Å². The molecule has 0 aromatic heterocycles. The lowest BCUT2D eigenvalue weighted by Crippen LogP contribution is -2.10. The van der Waals surface area contributed by atoms with Crippen molar-refractivity contribution in [1.29, 1.82) is 0 Å². The monoisotopic (exact) mass is 370 g/mol. The van der Waals surface area contributed by atoms with Gasteiger partial charge in [-0.2, -0.15) is 0 Å². The van der Waals surface area contributed by atoms with Crippen LogP contribution in [0.3, 0.4) is 0 Å². The van der Waals surface area contributed by atoms with Gasteiger partial charge >= 0.3 is 0 Å². The standard InChI is InChI=1S/C24H22N2O2/c1-17-12-14-20(15-13-17)24(28)16-23(19-8-4-3-5-9-19)26-22-11-7-6-10-21(22)25-18(2)27/h3-16,26H,1-2H3,(H,25,27)/b23-16-. The molecule has 3 aromatic rings. The molecule has 4 nitrogen and oxygen atoms in total. The summed E-state index contributed by atoms with van der Waals surface area (Å²) in [6, 6.07) is 24.5. The summed E-state index contributed by atoms with van der Waals surface area (Å²) >= 11 is 0. The molecule has 0 saturated heterocycles. The van der Waals surface area contributed by atoms with E-state index in [2.05, 4.69) is 10.6 Å². The van der Waals surface area contributed by atoms with Gasteiger partial charge in [-0.3, -0.25) is 9.59 Å². The number of aryl methyl sites for hydroxylation is 1. The minimum Gasteiger partial charge on any atom is -0.353 e. The molecule has 0 aliphatic heterocycles. The smallest absolute Gasteiger partial charge is 0.221 e. The quantitative estimate of drug-likeness (QED) is 0.458. The van der Waals surface area contributed by atoms with Crippen LogP contribution in [0.2, 0.25) is 0 Å². The number of hydrogen-bond donors (Lipinski definition) is 2. The first-order valence-electron chi connectivity index (χ1n) is 9.04. The van der Waals surface area contributed by atoms with E-state index in [-0.39, 0.29) is 11.7 Å². The van der Waals surface area contributed by atoms with E-state index in [0.717, 1.165) is 11.1 Å². The Morgan fingerprint density at radius 3 is 1.89 bits per heavy atom. The zero-order valence-corrected chi connectivity index (χ0v) is 15.9. The normalized spacial score (nSPS) is 11.0. The van der Waals surface area contributed by atoms with Crippen LogP contribution < -0.4 is 10.6 Å². The summed E-state index contributed by atoms with van der Waals surface area (Å²) in [6.45, 7) is 3.45. The molecule has 3 rings (SSSR count). The number of carbonyl (C=O) groups excluding carboxylic acids is 2. The first-order valence-corrected chi connectivity index (χ1v) is 9.04.